The van der Waals surface area contributed by atoms with E-state index in [4.69, 9.17) is 18.9 Å². The molecular weight excluding hydrogens is 404 g/mol. The molecule has 3 aromatic rings. The Bertz CT molecular complexity index is 1210. The van der Waals surface area contributed by atoms with Gasteiger partial charge in [-0.15, -0.1) is 0 Å². The number of ether oxygens (including phenoxy) is 4. The first kappa shape index (κ1) is 20.2. The first-order valence-electron chi connectivity index (χ1n) is 10.8. The van der Waals surface area contributed by atoms with Gasteiger partial charge in [-0.2, -0.15) is 0 Å². The van der Waals surface area contributed by atoms with Crippen LogP contribution in [0.5, 0.6) is 17.2 Å². The van der Waals surface area contributed by atoms with E-state index in [2.05, 4.69) is 19.1 Å². The van der Waals surface area contributed by atoms with Gasteiger partial charge in [0.15, 0.2) is 11.5 Å². The Morgan fingerprint density at radius 2 is 1.72 bits per heavy atom. The second-order valence-corrected chi connectivity index (χ2v) is 7.76. The van der Waals surface area contributed by atoms with Crippen molar-refractivity contribution in [1.29, 1.82) is 0 Å². The van der Waals surface area contributed by atoms with Crippen LogP contribution < -0.4 is 14.2 Å². The minimum Gasteiger partial charge on any atom is -0.493 e. The van der Waals surface area contributed by atoms with Crippen LogP contribution in [0.1, 0.15) is 41.5 Å². The van der Waals surface area contributed by atoms with Gasteiger partial charge in [-0.1, -0.05) is 55.5 Å². The summed E-state index contributed by atoms with van der Waals surface area (Å²) in [5.74, 6) is 1.50. The molecular formula is C27H24O5. The van der Waals surface area contributed by atoms with Crippen LogP contribution in [0.25, 0.3) is 5.57 Å². The number of methoxy groups -OCH3 is 1. The highest BCUT2D eigenvalue weighted by Crippen LogP contribution is 2.51. The van der Waals surface area contributed by atoms with Crippen molar-refractivity contribution in [2.75, 3.05) is 20.5 Å². The summed E-state index contributed by atoms with van der Waals surface area (Å²) < 4.78 is 22.4. The van der Waals surface area contributed by atoms with E-state index in [1.54, 1.807) is 0 Å². The van der Waals surface area contributed by atoms with Crippen LogP contribution >= 0.6 is 0 Å². The van der Waals surface area contributed by atoms with E-state index in [1.807, 2.05) is 54.6 Å². The van der Waals surface area contributed by atoms with Crippen molar-refractivity contribution in [3.63, 3.8) is 0 Å². The van der Waals surface area contributed by atoms with Crippen molar-refractivity contribution in [2.24, 2.45) is 0 Å². The van der Waals surface area contributed by atoms with Gasteiger partial charge in [0, 0.05) is 17.1 Å². The van der Waals surface area contributed by atoms with Crippen LogP contribution in [-0.2, 0) is 9.53 Å². The molecule has 0 bridgehead atoms. The van der Waals surface area contributed by atoms with E-state index < -0.39 is 0 Å². The smallest absolute Gasteiger partial charge is 0.335 e. The molecule has 0 radical (unpaired) electrons. The molecule has 0 aromatic heterocycles. The summed E-state index contributed by atoms with van der Waals surface area (Å²) in [7, 11) is 1.42. The predicted octanol–water partition coefficient (Wildman–Crippen LogP) is 5.32. The molecule has 3 aromatic carbocycles. The maximum Gasteiger partial charge on any atom is 0.335 e. The molecule has 162 valence electrons. The predicted molar refractivity (Wildman–Crippen MR) is 121 cm³/mol. The number of para-hydroxylation sites is 1. The average molecular weight is 428 g/mol. The quantitative estimate of drug-likeness (QED) is 0.497. The first-order valence-corrected chi connectivity index (χ1v) is 10.8. The van der Waals surface area contributed by atoms with Crippen LogP contribution in [0.2, 0.25) is 0 Å². The lowest BCUT2D eigenvalue weighted by molar-refractivity contribution is -0.136. The topological polar surface area (TPSA) is 54.0 Å². The monoisotopic (exact) mass is 428 g/mol. The number of hydrogen-bond donors (Lipinski definition) is 0. The van der Waals surface area contributed by atoms with E-state index in [1.165, 1.54) is 7.11 Å². The zero-order valence-corrected chi connectivity index (χ0v) is 18.1. The van der Waals surface area contributed by atoms with E-state index in [0.717, 1.165) is 40.0 Å². The Balaban J connectivity index is 1.75. The third kappa shape index (κ3) is 3.30. The van der Waals surface area contributed by atoms with E-state index in [0.29, 0.717) is 23.7 Å². The van der Waals surface area contributed by atoms with Crippen molar-refractivity contribution >= 4 is 11.5 Å². The Hall–Kier alpha value is -3.73. The molecule has 0 spiro atoms. The highest BCUT2D eigenvalue weighted by molar-refractivity contribution is 6.08. The summed E-state index contributed by atoms with van der Waals surface area (Å²) in [5.41, 5.74) is 5.33. The minimum atomic E-state index is -0.357. The van der Waals surface area contributed by atoms with Gasteiger partial charge in [-0.05, 0) is 41.3 Å². The maximum atomic E-state index is 13.2. The standard InChI is InChI=1S/C27H24O5/c1-3-14-30-21-11-7-6-10-20(21)25-19-9-5-4-8-18(19)24(26(25)27(28)29-2)17-12-13-22-23(15-17)32-16-31-22/h4-13,15,24H,3,14,16H2,1-2H3/t24-/m0/s1. The van der Waals surface area contributed by atoms with Gasteiger partial charge >= 0.3 is 5.97 Å². The van der Waals surface area contributed by atoms with Crippen LogP contribution in [0.15, 0.2) is 72.3 Å². The molecule has 5 heteroatoms. The summed E-state index contributed by atoms with van der Waals surface area (Å²) >= 11 is 0. The Morgan fingerprint density at radius 3 is 2.53 bits per heavy atom. The van der Waals surface area contributed by atoms with Gasteiger partial charge < -0.3 is 18.9 Å². The molecule has 1 atom stereocenters. The van der Waals surface area contributed by atoms with Crippen LogP contribution in [-0.4, -0.2) is 26.5 Å². The lowest BCUT2D eigenvalue weighted by Gasteiger charge is -2.17. The number of esters is 1. The number of carbonyl (C=O) groups excluding carboxylic acids is 1. The molecule has 32 heavy (non-hydrogen) atoms. The van der Waals surface area contributed by atoms with Gasteiger partial charge in [0.25, 0.3) is 0 Å². The van der Waals surface area contributed by atoms with Crippen molar-refractivity contribution in [3.8, 4) is 17.2 Å². The highest BCUT2D eigenvalue weighted by Gasteiger charge is 2.38. The van der Waals surface area contributed by atoms with Crippen LogP contribution in [0.3, 0.4) is 0 Å². The normalized spacial score (nSPS) is 16.1. The molecule has 5 rings (SSSR count). The summed E-state index contributed by atoms with van der Waals surface area (Å²) in [4.78, 5) is 13.2. The third-order valence-corrected chi connectivity index (χ3v) is 5.85. The number of fused-ring (bicyclic) bond motifs is 2. The SMILES string of the molecule is CCCOc1ccccc1C1=C(C(=O)OC)[C@@H](c2ccc3c(c2)OCO3)c2ccccc21. The molecule has 1 heterocycles. The van der Waals surface area contributed by atoms with Crippen molar-refractivity contribution in [3.05, 3.63) is 94.6 Å². The summed E-state index contributed by atoms with van der Waals surface area (Å²) in [6.45, 7) is 2.88. The summed E-state index contributed by atoms with van der Waals surface area (Å²) in [6.07, 6.45) is 0.896. The van der Waals surface area contributed by atoms with Crippen molar-refractivity contribution in [1.82, 2.24) is 0 Å². The Kier molecular flexibility index (Phi) is 5.31. The number of carbonyl (C=O) groups is 1. The van der Waals surface area contributed by atoms with Gasteiger partial charge in [-0.3, -0.25) is 0 Å². The van der Waals surface area contributed by atoms with E-state index >= 15 is 0 Å². The maximum absolute atomic E-state index is 13.2. The molecule has 1 aliphatic heterocycles. The molecule has 0 unspecified atom stereocenters. The second-order valence-electron chi connectivity index (χ2n) is 7.76. The zero-order valence-electron chi connectivity index (χ0n) is 18.1. The molecule has 0 fully saturated rings. The molecule has 1 aliphatic carbocycles. The average Bonchev–Trinajstić information content (AvgIpc) is 3.44. The molecule has 2 aliphatic rings. The third-order valence-electron chi connectivity index (χ3n) is 5.85. The zero-order chi connectivity index (χ0) is 22.1. The molecule has 0 amide bonds. The lowest BCUT2D eigenvalue weighted by atomic mass is 9.88. The van der Waals surface area contributed by atoms with Crippen molar-refractivity contribution < 1.29 is 23.7 Å². The summed E-state index contributed by atoms with van der Waals surface area (Å²) in [6, 6.07) is 21.8. The molecule has 0 saturated heterocycles. The van der Waals surface area contributed by atoms with Gasteiger partial charge in [-0.25, -0.2) is 4.79 Å². The lowest BCUT2D eigenvalue weighted by Crippen LogP contribution is -2.13. The summed E-state index contributed by atoms with van der Waals surface area (Å²) in [5, 5.41) is 0. The van der Waals surface area contributed by atoms with Gasteiger partial charge in [0.2, 0.25) is 6.79 Å². The van der Waals surface area contributed by atoms with Gasteiger partial charge in [0.1, 0.15) is 5.75 Å². The molecule has 5 nitrogen and oxygen atoms in total. The number of rotatable bonds is 6. The largest absolute Gasteiger partial charge is 0.493 e. The molecule has 0 N–H and O–H groups in total. The van der Waals surface area contributed by atoms with E-state index in [-0.39, 0.29) is 18.7 Å². The fourth-order valence-corrected chi connectivity index (χ4v) is 4.49. The van der Waals surface area contributed by atoms with Gasteiger partial charge in [0.05, 0.1) is 19.3 Å². The number of hydrogen-bond acceptors (Lipinski definition) is 5. The Morgan fingerprint density at radius 1 is 0.969 bits per heavy atom. The fraction of sp³-hybridized carbons (Fsp3) is 0.222. The minimum absolute atomic E-state index is 0.202. The number of benzene rings is 3. The Labute approximate surface area is 187 Å². The fourth-order valence-electron chi connectivity index (χ4n) is 4.49. The highest BCUT2D eigenvalue weighted by atomic mass is 16.7. The van der Waals surface area contributed by atoms with Crippen molar-refractivity contribution in [2.45, 2.75) is 19.3 Å². The van der Waals surface area contributed by atoms with E-state index in [9.17, 15) is 4.79 Å². The van der Waals surface area contributed by atoms with Crippen LogP contribution in [0.4, 0.5) is 0 Å². The van der Waals surface area contributed by atoms with Crippen LogP contribution in [0, 0.1) is 0 Å². The first-order chi connectivity index (χ1) is 15.7. The second kappa shape index (κ2) is 8.42. The molecule has 0 saturated carbocycles.